The van der Waals surface area contributed by atoms with Crippen LogP contribution in [-0.4, -0.2) is 39.6 Å². The Bertz CT molecular complexity index is 1110. The first-order valence-corrected chi connectivity index (χ1v) is 11.9. The van der Waals surface area contributed by atoms with Crippen molar-refractivity contribution in [1.29, 1.82) is 5.41 Å². The summed E-state index contributed by atoms with van der Waals surface area (Å²) in [4.78, 5) is 12.7. The van der Waals surface area contributed by atoms with E-state index in [-0.39, 0.29) is 24.3 Å². The van der Waals surface area contributed by atoms with Gasteiger partial charge in [-0.3, -0.25) is 4.79 Å². The highest BCUT2D eigenvalue weighted by atomic mass is 16.5. The molecule has 1 heterocycles. The summed E-state index contributed by atoms with van der Waals surface area (Å²) < 4.78 is 22.5. The minimum Gasteiger partial charge on any atom is -0.497 e. The average molecular weight is 480 g/mol. The van der Waals surface area contributed by atoms with Gasteiger partial charge >= 0.3 is 0 Å². The molecule has 2 aliphatic rings. The van der Waals surface area contributed by atoms with Gasteiger partial charge in [0.05, 0.1) is 27.4 Å². The molecular weight excluding hydrogens is 446 g/mol. The maximum atomic E-state index is 12.7. The number of carbonyl (C=O) groups is 1. The van der Waals surface area contributed by atoms with Gasteiger partial charge in [-0.15, -0.1) is 0 Å². The smallest absolute Gasteiger partial charge is 0.226 e. The van der Waals surface area contributed by atoms with Gasteiger partial charge in [0.1, 0.15) is 17.3 Å². The summed E-state index contributed by atoms with van der Waals surface area (Å²) in [6, 6.07) is 11.4. The summed E-state index contributed by atoms with van der Waals surface area (Å²) in [5.74, 6) is 2.86. The zero-order valence-corrected chi connectivity index (χ0v) is 20.5. The third-order valence-corrected chi connectivity index (χ3v) is 6.61. The summed E-state index contributed by atoms with van der Waals surface area (Å²) in [5.41, 5.74) is 2.51. The molecule has 1 saturated carbocycles. The SMILES string of the molecule is COc1ccc(CNC2=C(C=N)C(c3ccc(OC)c(OC4CCCC4)c3)CC(=O)N2)c(OC)c1. The highest BCUT2D eigenvalue weighted by molar-refractivity contribution is 5.89. The number of allylic oxidation sites excluding steroid dienone is 1. The van der Waals surface area contributed by atoms with Gasteiger partial charge in [0, 0.05) is 42.3 Å². The third kappa shape index (κ3) is 5.53. The van der Waals surface area contributed by atoms with Crippen molar-refractivity contribution in [2.24, 2.45) is 0 Å². The van der Waals surface area contributed by atoms with E-state index in [9.17, 15) is 4.79 Å². The lowest BCUT2D eigenvalue weighted by Crippen LogP contribution is -2.39. The number of benzene rings is 2. The molecule has 1 atom stereocenters. The normalized spacial score (nSPS) is 18.1. The molecular formula is C27H33N3O5. The molecule has 4 rings (SSSR count). The molecule has 1 aliphatic heterocycles. The predicted molar refractivity (Wildman–Crippen MR) is 134 cm³/mol. The summed E-state index contributed by atoms with van der Waals surface area (Å²) in [7, 11) is 4.84. The van der Waals surface area contributed by atoms with Crippen LogP contribution in [0.2, 0.25) is 0 Å². The van der Waals surface area contributed by atoms with E-state index >= 15 is 0 Å². The summed E-state index contributed by atoms with van der Waals surface area (Å²) in [6.45, 7) is 0.408. The molecule has 8 heteroatoms. The molecule has 1 amide bonds. The van der Waals surface area contributed by atoms with Crippen LogP contribution in [0.5, 0.6) is 23.0 Å². The van der Waals surface area contributed by atoms with Crippen molar-refractivity contribution >= 4 is 12.1 Å². The quantitative estimate of drug-likeness (QED) is 0.440. The maximum absolute atomic E-state index is 12.7. The second kappa shape index (κ2) is 11.2. The van der Waals surface area contributed by atoms with Gasteiger partial charge in [0.2, 0.25) is 5.91 Å². The molecule has 1 aliphatic carbocycles. The van der Waals surface area contributed by atoms with Crippen molar-refractivity contribution in [3.63, 3.8) is 0 Å². The van der Waals surface area contributed by atoms with Crippen LogP contribution < -0.4 is 29.6 Å². The third-order valence-electron chi connectivity index (χ3n) is 6.61. The largest absolute Gasteiger partial charge is 0.497 e. The van der Waals surface area contributed by atoms with Crippen LogP contribution in [0.15, 0.2) is 47.8 Å². The summed E-state index contributed by atoms with van der Waals surface area (Å²) >= 11 is 0. The van der Waals surface area contributed by atoms with E-state index in [0.717, 1.165) is 24.0 Å². The first-order valence-electron chi connectivity index (χ1n) is 11.9. The molecule has 8 nitrogen and oxygen atoms in total. The number of methoxy groups -OCH3 is 3. The van der Waals surface area contributed by atoms with Crippen LogP contribution >= 0.6 is 0 Å². The molecule has 3 N–H and O–H groups in total. The molecule has 2 aromatic rings. The molecule has 0 bridgehead atoms. The Morgan fingerprint density at radius 3 is 2.46 bits per heavy atom. The van der Waals surface area contributed by atoms with Crippen molar-refractivity contribution in [1.82, 2.24) is 10.6 Å². The Hall–Kier alpha value is -3.68. The number of rotatable bonds is 10. The standard InChI is InChI=1S/C27H33N3O5/c1-32-20-10-8-18(24(13-20)34-3)16-29-27-22(15-28)21(14-26(31)30-27)17-9-11-23(33-2)25(12-17)35-19-6-4-5-7-19/h8-13,15,19,21,28-29H,4-7,14,16H2,1-3H3,(H,30,31). The molecule has 186 valence electrons. The molecule has 0 saturated heterocycles. The van der Waals surface area contributed by atoms with Gasteiger partial charge in [0.15, 0.2) is 11.5 Å². The maximum Gasteiger partial charge on any atom is 0.226 e. The van der Waals surface area contributed by atoms with Crippen molar-refractivity contribution in [3.8, 4) is 23.0 Å². The fourth-order valence-corrected chi connectivity index (χ4v) is 4.72. The second-order valence-corrected chi connectivity index (χ2v) is 8.75. The number of amides is 1. The van der Waals surface area contributed by atoms with Crippen LogP contribution in [0.4, 0.5) is 0 Å². The van der Waals surface area contributed by atoms with E-state index in [1.807, 2.05) is 36.4 Å². The number of hydrogen-bond donors (Lipinski definition) is 3. The minimum atomic E-state index is -0.279. The Labute approximate surface area is 206 Å². The molecule has 35 heavy (non-hydrogen) atoms. The fraction of sp³-hybridized carbons (Fsp3) is 0.407. The van der Waals surface area contributed by atoms with E-state index < -0.39 is 0 Å². The summed E-state index contributed by atoms with van der Waals surface area (Å²) in [6.07, 6.45) is 6.15. The van der Waals surface area contributed by atoms with Crippen LogP contribution in [0.1, 0.15) is 49.1 Å². The van der Waals surface area contributed by atoms with Gasteiger partial charge in [-0.1, -0.05) is 6.07 Å². The fourth-order valence-electron chi connectivity index (χ4n) is 4.72. The van der Waals surface area contributed by atoms with Crippen LogP contribution in [0.3, 0.4) is 0 Å². The van der Waals surface area contributed by atoms with Gasteiger partial charge in [-0.05, 0) is 55.5 Å². The monoisotopic (exact) mass is 479 g/mol. The Kier molecular flexibility index (Phi) is 7.80. The number of carbonyl (C=O) groups excluding carboxylic acids is 1. The molecule has 0 spiro atoms. The molecule has 2 aromatic carbocycles. The first kappa shape index (κ1) is 24.4. The van der Waals surface area contributed by atoms with E-state index in [4.69, 9.17) is 24.4 Å². The van der Waals surface area contributed by atoms with E-state index in [2.05, 4.69) is 10.6 Å². The number of hydrogen-bond acceptors (Lipinski definition) is 7. The van der Waals surface area contributed by atoms with E-state index in [1.165, 1.54) is 19.1 Å². The Balaban J connectivity index is 1.60. The minimum absolute atomic E-state index is 0.112. The highest BCUT2D eigenvalue weighted by Crippen LogP contribution is 2.38. The van der Waals surface area contributed by atoms with Crippen molar-refractivity contribution in [2.45, 2.75) is 50.7 Å². The predicted octanol–water partition coefficient (Wildman–Crippen LogP) is 4.29. The van der Waals surface area contributed by atoms with Crippen LogP contribution in [0.25, 0.3) is 0 Å². The molecule has 0 aromatic heterocycles. The van der Waals surface area contributed by atoms with Crippen LogP contribution in [-0.2, 0) is 11.3 Å². The zero-order chi connectivity index (χ0) is 24.8. The zero-order valence-electron chi connectivity index (χ0n) is 20.5. The first-order chi connectivity index (χ1) is 17.1. The molecule has 1 fully saturated rings. The Morgan fingerprint density at radius 2 is 1.77 bits per heavy atom. The van der Waals surface area contributed by atoms with E-state index in [1.54, 1.807) is 21.3 Å². The summed E-state index contributed by atoms with van der Waals surface area (Å²) in [5, 5.41) is 14.3. The second-order valence-electron chi connectivity index (χ2n) is 8.75. The molecule has 0 radical (unpaired) electrons. The average Bonchev–Trinajstić information content (AvgIpc) is 3.40. The van der Waals surface area contributed by atoms with Gasteiger partial charge in [-0.25, -0.2) is 0 Å². The van der Waals surface area contributed by atoms with Crippen molar-refractivity contribution < 1.29 is 23.7 Å². The lowest BCUT2D eigenvalue weighted by molar-refractivity contribution is -0.121. The lowest BCUT2D eigenvalue weighted by atomic mass is 9.86. The topological polar surface area (TPSA) is 102 Å². The van der Waals surface area contributed by atoms with Crippen molar-refractivity contribution in [2.75, 3.05) is 21.3 Å². The number of ether oxygens (including phenoxy) is 4. The van der Waals surface area contributed by atoms with Gasteiger partial charge in [0.25, 0.3) is 0 Å². The lowest BCUT2D eigenvalue weighted by Gasteiger charge is -2.28. The van der Waals surface area contributed by atoms with E-state index in [0.29, 0.717) is 40.9 Å². The van der Waals surface area contributed by atoms with Crippen molar-refractivity contribution in [3.05, 3.63) is 58.9 Å². The van der Waals surface area contributed by atoms with Crippen LogP contribution in [0, 0.1) is 5.41 Å². The highest BCUT2D eigenvalue weighted by Gasteiger charge is 2.29. The molecule has 1 unspecified atom stereocenters. The number of nitrogens with one attached hydrogen (secondary N) is 3. The Morgan fingerprint density at radius 1 is 1.00 bits per heavy atom. The van der Waals surface area contributed by atoms with Gasteiger partial charge < -0.3 is 35.0 Å². The van der Waals surface area contributed by atoms with Gasteiger partial charge in [-0.2, -0.15) is 0 Å².